The molecule has 0 saturated carbocycles. The lowest BCUT2D eigenvalue weighted by molar-refractivity contribution is 0.230. The maximum absolute atomic E-state index is 11.2. The molecule has 0 aromatic carbocycles. The molecule has 1 heterocycles. The number of rotatable bonds is 4. The molecule has 1 aliphatic rings. The van der Waals surface area contributed by atoms with E-state index in [2.05, 4.69) is 4.90 Å². The molecule has 4 nitrogen and oxygen atoms in total. The number of halogens is 1. The summed E-state index contributed by atoms with van der Waals surface area (Å²) in [6.45, 7) is 4.33. The average molecular weight is 243 g/mol. The summed E-state index contributed by atoms with van der Waals surface area (Å²) in [6.07, 6.45) is 0.774. The lowest BCUT2D eigenvalue weighted by Gasteiger charge is -2.25. The van der Waals surface area contributed by atoms with E-state index in [0.29, 0.717) is 18.1 Å². The van der Waals surface area contributed by atoms with Crippen LogP contribution in [0.3, 0.4) is 0 Å². The highest BCUT2D eigenvalue weighted by atomic mass is 35.5. The predicted molar refractivity (Wildman–Crippen MR) is 60.6 cm³/mol. The molecule has 1 unspecified atom stereocenters. The van der Waals surface area contributed by atoms with Crippen LogP contribution in [0.15, 0.2) is 0 Å². The van der Waals surface area contributed by atoms with Gasteiger partial charge in [-0.1, -0.05) is 6.92 Å². The largest absolute Gasteiger partial charge is 0.329 e. The molecule has 0 aromatic heterocycles. The van der Waals surface area contributed by atoms with Gasteiger partial charge in [-0.25, -0.2) is 8.42 Å². The zero-order valence-electron chi connectivity index (χ0n) is 8.48. The second kappa shape index (κ2) is 5.90. The fraction of sp³-hybridized carbons (Fsp3) is 1.00. The van der Waals surface area contributed by atoms with Crippen molar-refractivity contribution in [3.63, 3.8) is 0 Å². The smallest absolute Gasteiger partial charge is 0.151 e. The standard InChI is InChI=1S/C8H18N2O2S.ClH/c1-2-10(5-4-9)8-3-6-13(11,12)7-8;/h8H,2-7,9H2,1H3;1H. The van der Waals surface area contributed by atoms with Crippen molar-refractivity contribution in [2.75, 3.05) is 31.1 Å². The van der Waals surface area contributed by atoms with Crippen molar-refractivity contribution in [1.29, 1.82) is 0 Å². The van der Waals surface area contributed by atoms with Crippen molar-refractivity contribution in [1.82, 2.24) is 4.90 Å². The van der Waals surface area contributed by atoms with E-state index in [0.717, 1.165) is 19.5 Å². The SMILES string of the molecule is CCN(CCN)C1CCS(=O)(=O)C1.Cl. The Morgan fingerprint density at radius 3 is 2.50 bits per heavy atom. The van der Waals surface area contributed by atoms with E-state index in [9.17, 15) is 8.42 Å². The normalized spacial score (nSPS) is 24.9. The summed E-state index contributed by atoms with van der Waals surface area (Å²) >= 11 is 0. The first-order valence-electron chi connectivity index (χ1n) is 4.73. The molecule has 1 atom stereocenters. The Labute approximate surface area is 92.2 Å². The van der Waals surface area contributed by atoms with Gasteiger partial charge >= 0.3 is 0 Å². The monoisotopic (exact) mass is 242 g/mol. The summed E-state index contributed by atoms with van der Waals surface area (Å²) in [4.78, 5) is 2.16. The summed E-state index contributed by atoms with van der Waals surface area (Å²) in [5, 5.41) is 0. The lowest BCUT2D eigenvalue weighted by Crippen LogP contribution is -2.39. The van der Waals surface area contributed by atoms with Crippen LogP contribution < -0.4 is 5.73 Å². The van der Waals surface area contributed by atoms with Gasteiger partial charge in [0.1, 0.15) is 0 Å². The predicted octanol–water partition coefficient (Wildman–Crippen LogP) is -0.124. The van der Waals surface area contributed by atoms with Crippen LogP contribution in [0.2, 0.25) is 0 Å². The Morgan fingerprint density at radius 2 is 2.14 bits per heavy atom. The molecule has 1 saturated heterocycles. The maximum Gasteiger partial charge on any atom is 0.151 e. The highest BCUT2D eigenvalue weighted by Gasteiger charge is 2.30. The van der Waals surface area contributed by atoms with Crippen LogP contribution in [-0.4, -0.2) is 50.5 Å². The van der Waals surface area contributed by atoms with E-state index in [1.807, 2.05) is 6.92 Å². The summed E-state index contributed by atoms with van der Waals surface area (Å²) in [6, 6.07) is 0.207. The zero-order chi connectivity index (χ0) is 9.90. The van der Waals surface area contributed by atoms with Crippen molar-refractivity contribution < 1.29 is 8.42 Å². The number of nitrogens with two attached hydrogens (primary N) is 1. The highest BCUT2D eigenvalue weighted by molar-refractivity contribution is 7.91. The van der Waals surface area contributed by atoms with Gasteiger partial charge in [-0.2, -0.15) is 0 Å². The van der Waals surface area contributed by atoms with E-state index in [4.69, 9.17) is 5.73 Å². The number of sulfone groups is 1. The molecule has 14 heavy (non-hydrogen) atoms. The van der Waals surface area contributed by atoms with Crippen molar-refractivity contribution >= 4 is 22.2 Å². The topological polar surface area (TPSA) is 63.4 Å². The van der Waals surface area contributed by atoms with Crippen LogP contribution in [0.4, 0.5) is 0 Å². The van der Waals surface area contributed by atoms with Crippen molar-refractivity contribution in [3.05, 3.63) is 0 Å². The van der Waals surface area contributed by atoms with Crippen LogP contribution in [0.25, 0.3) is 0 Å². The maximum atomic E-state index is 11.2. The van der Waals surface area contributed by atoms with E-state index in [1.54, 1.807) is 0 Å². The quantitative estimate of drug-likeness (QED) is 0.747. The molecule has 1 fully saturated rings. The van der Waals surface area contributed by atoms with Crippen LogP contribution in [0, 0.1) is 0 Å². The highest BCUT2D eigenvalue weighted by Crippen LogP contribution is 2.16. The second-order valence-electron chi connectivity index (χ2n) is 3.47. The van der Waals surface area contributed by atoms with Crippen molar-refractivity contribution in [2.45, 2.75) is 19.4 Å². The van der Waals surface area contributed by atoms with Gasteiger partial charge in [0.15, 0.2) is 9.84 Å². The molecular weight excluding hydrogens is 224 g/mol. The Bertz CT molecular complexity index is 256. The average Bonchev–Trinajstić information content (AvgIpc) is 2.42. The summed E-state index contributed by atoms with van der Waals surface area (Å²) in [7, 11) is -2.75. The Hall–Kier alpha value is 0.160. The molecule has 86 valence electrons. The molecule has 1 rings (SSSR count). The van der Waals surface area contributed by atoms with E-state index >= 15 is 0 Å². The van der Waals surface area contributed by atoms with Gasteiger partial charge in [-0.05, 0) is 13.0 Å². The minimum absolute atomic E-state index is 0. The van der Waals surface area contributed by atoms with Gasteiger partial charge in [-0.15, -0.1) is 12.4 Å². The molecule has 0 amide bonds. The van der Waals surface area contributed by atoms with Crippen LogP contribution in [0.5, 0.6) is 0 Å². The first-order valence-corrected chi connectivity index (χ1v) is 6.55. The fourth-order valence-corrected chi connectivity index (χ4v) is 3.59. The van der Waals surface area contributed by atoms with E-state index in [1.165, 1.54) is 0 Å². The van der Waals surface area contributed by atoms with Crippen LogP contribution in [-0.2, 0) is 9.84 Å². The van der Waals surface area contributed by atoms with Crippen LogP contribution in [0.1, 0.15) is 13.3 Å². The number of hydrogen-bond acceptors (Lipinski definition) is 4. The molecule has 0 aliphatic carbocycles. The Kier molecular flexibility index (Phi) is 5.97. The fourth-order valence-electron chi connectivity index (χ4n) is 1.83. The van der Waals surface area contributed by atoms with Gasteiger partial charge in [0.05, 0.1) is 11.5 Å². The van der Waals surface area contributed by atoms with Gasteiger partial charge in [0.25, 0.3) is 0 Å². The minimum atomic E-state index is -2.75. The minimum Gasteiger partial charge on any atom is -0.329 e. The molecule has 0 spiro atoms. The molecule has 2 N–H and O–H groups in total. The molecule has 0 radical (unpaired) electrons. The first kappa shape index (κ1) is 14.2. The molecule has 1 aliphatic heterocycles. The summed E-state index contributed by atoms with van der Waals surface area (Å²) < 4.78 is 22.4. The number of hydrogen-bond donors (Lipinski definition) is 1. The molecule has 0 bridgehead atoms. The van der Waals surface area contributed by atoms with Gasteiger partial charge < -0.3 is 5.73 Å². The van der Waals surface area contributed by atoms with Crippen molar-refractivity contribution in [3.8, 4) is 0 Å². The first-order chi connectivity index (χ1) is 6.09. The van der Waals surface area contributed by atoms with E-state index < -0.39 is 9.84 Å². The van der Waals surface area contributed by atoms with E-state index in [-0.39, 0.29) is 18.4 Å². The zero-order valence-corrected chi connectivity index (χ0v) is 10.1. The molecule has 0 aromatic rings. The molecule has 6 heteroatoms. The third-order valence-corrected chi connectivity index (χ3v) is 4.30. The van der Waals surface area contributed by atoms with Gasteiger partial charge in [-0.3, -0.25) is 4.90 Å². The molecular formula is C8H19ClN2O2S. The Morgan fingerprint density at radius 1 is 1.50 bits per heavy atom. The van der Waals surface area contributed by atoms with Gasteiger partial charge in [0.2, 0.25) is 0 Å². The third-order valence-electron chi connectivity index (χ3n) is 2.55. The lowest BCUT2D eigenvalue weighted by atomic mass is 10.2. The van der Waals surface area contributed by atoms with Gasteiger partial charge in [0, 0.05) is 19.1 Å². The summed E-state index contributed by atoms with van der Waals surface area (Å²) in [5.41, 5.74) is 5.45. The number of likely N-dealkylation sites (N-methyl/N-ethyl adjacent to an activating group) is 1. The second-order valence-corrected chi connectivity index (χ2v) is 5.70. The number of nitrogens with zero attached hydrogens (tertiary/aromatic N) is 1. The Balaban J connectivity index is 0.00000169. The van der Waals surface area contributed by atoms with Crippen molar-refractivity contribution in [2.24, 2.45) is 5.73 Å². The van der Waals surface area contributed by atoms with Crippen LogP contribution >= 0.6 is 12.4 Å². The summed E-state index contributed by atoms with van der Waals surface area (Å²) in [5.74, 6) is 0.666. The third kappa shape index (κ3) is 3.73.